The molecule has 1 aliphatic carbocycles. The van der Waals surface area contributed by atoms with Crippen LogP contribution in [0.15, 0.2) is 63.8 Å². The molecule has 3 aromatic rings. The second-order valence-corrected chi connectivity index (χ2v) is 11.4. The zero-order valence-electron chi connectivity index (χ0n) is 18.9. The Bertz CT molecular complexity index is 1300. The molecule has 5 rings (SSSR count). The molecule has 0 N–H and O–H groups in total. The van der Waals surface area contributed by atoms with Crippen LogP contribution in [0.1, 0.15) is 38.1 Å². The molecule has 2 fully saturated rings. The maximum absolute atomic E-state index is 14.7. The standard InChI is InChI=1S/C25H28FN3O3S2/c26-23-9-5-4-8-22(23)24-18-33-25(29(24)20-6-2-1-3-7-20)27-19-10-12-21(13-11-19)34(30,31)28-14-16-32-17-15-28/h4-5,8-13,18,20H,1-3,6-7,14-17H2. The average Bonchev–Trinajstić information content (AvgIpc) is 3.29. The third-order valence-corrected chi connectivity index (χ3v) is 9.25. The smallest absolute Gasteiger partial charge is 0.243 e. The summed E-state index contributed by atoms with van der Waals surface area (Å²) in [5.41, 5.74) is 2.10. The molecule has 2 aliphatic rings. The molecule has 0 amide bonds. The number of benzene rings is 2. The van der Waals surface area contributed by atoms with Gasteiger partial charge in [-0.3, -0.25) is 0 Å². The highest BCUT2D eigenvalue weighted by molar-refractivity contribution is 7.89. The largest absolute Gasteiger partial charge is 0.379 e. The summed E-state index contributed by atoms with van der Waals surface area (Å²) >= 11 is 1.49. The Labute approximate surface area is 203 Å². The lowest BCUT2D eigenvalue weighted by molar-refractivity contribution is 0.0730. The molecule has 0 atom stereocenters. The van der Waals surface area contributed by atoms with Gasteiger partial charge in [0.25, 0.3) is 0 Å². The second-order valence-electron chi connectivity index (χ2n) is 8.67. The number of hydrogen-bond acceptors (Lipinski definition) is 5. The van der Waals surface area contributed by atoms with Gasteiger partial charge >= 0.3 is 0 Å². The first-order valence-electron chi connectivity index (χ1n) is 11.7. The van der Waals surface area contributed by atoms with Crippen LogP contribution in [0.3, 0.4) is 0 Å². The van der Waals surface area contributed by atoms with Crippen molar-refractivity contribution in [3.63, 3.8) is 0 Å². The minimum atomic E-state index is -3.55. The van der Waals surface area contributed by atoms with Crippen LogP contribution < -0.4 is 4.80 Å². The van der Waals surface area contributed by atoms with Crippen molar-refractivity contribution in [2.75, 3.05) is 26.3 Å². The molecule has 2 aromatic carbocycles. The quantitative estimate of drug-likeness (QED) is 0.488. The van der Waals surface area contributed by atoms with E-state index < -0.39 is 10.0 Å². The van der Waals surface area contributed by atoms with Crippen molar-refractivity contribution in [2.24, 2.45) is 4.99 Å². The fourth-order valence-electron chi connectivity index (χ4n) is 4.70. The van der Waals surface area contributed by atoms with Gasteiger partial charge in [-0.05, 0) is 49.2 Å². The number of nitrogens with zero attached hydrogens (tertiary/aromatic N) is 3. The van der Waals surface area contributed by atoms with E-state index in [-0.39, 0.29) is 16.8 Å². The number of aromatic nitrogens is 1. The van der Waals surface area contributed by atoms with Crippen LogP contribution in [-0.4, -0.2) is 43.6 Å². The Balaban J connectivity index is 1.51. The molecule has 2 heterocycles. The molecule has 1 aromatic heterocycles. The van der Waals surface area contributed by atoms with E-state index in [0.717, 1.165) is 36.2 Å². The maximum Gasteiger partial charge on any atom is 0.243 e. The number of morpholine rings is 1. The average molecular weight is 502 g/mol. The van der Waals surface area contributed by atoms with Gasteiger partial charge in [-0.15, -0.1) is 11.3 Å². The fraction of sp³-hybridized carbons (Fsp3) is 0.400. The summed E-state index contributed by atoms with van der Waals surface area (Å²) in [6.45, 7) is 1.56. The number of ether oxygens (including phenoxy) is 1. The second kappa shape index (κ2) is 10.1. The monoisotopic (exact) mass is 501 g/mol. The third kappa shape index (κ3) is 4.75. The van der Waals surface area contributed by atoms with Gasteiger partial charge in [0.15, 0.2) is 4.80 Å². The number of thiazole rings is 1. The number of sulfonamides is 1. The molecule has 1 saturated heterocycles. The molecule has 0 radical (unpaired) electrons. The van der Waals surface area contributed by atoms with Crippen LogP contribution in [0, 0.1) is 5.82 Å². The molecule has 1 aliphatic heterocycles. The van der Waals surface area contributed by atoms with Gasteiger partial charge < -0.3 is 9.30 Å². The molecular weight excluding hydrogens is 473 g/mol. The van der Waals surface area contributed by atoms with Gasteiger partial charge in [0.2, 0.25) is 10.0 Å². The normalized spacial score (nSPS) is 18.9. The summed E-state index contributed by atoms with van der Waals surface area (Å²) in [6, 6.07) is 13.8. The number of hydrogen-bond donors (Lipinski definition) is 0. The molecule has 0 spiro atoms. The van der Waals surface area contributed by atoms with Gasteiger partial charge in [0.05, 0.1) is 29.5 Å². The highest BCUT2D eigenvalue weighted by Crippen LogP contribution is 2.33. The summed E-state index contributed by atoms with van der Waals surface area (Å²) < 4.78 is 49.4. The summed E-state index contributed by atoms with van der Waals surface area (Å²) in [5, 5.41) is 1.98. The summed E-state index contributed by atoms with van der Waals surface area (Å²) in [5.74, 6) is -0.242. The summed E-state index contributed by atoms with van der Waals surface area (Å²) in [4.78, 5) is 5.91. The minimum Gasteiger partial charge on any atom is -0.379 e. The topological polar surface area (TPSA) is 63.9 Å². The summed E-state index contributed by atoms with van der Waals surface area (Å²) in [6.07, 6.45) is 5.61. The molecule has 0 unspecified atom stereocenters. The van der Waals surface area contributed by atoms with E-state index in [0.29, 0.717) is 37.6 Å². The van der Waals surface area contributed by atoms with Crippen LogP contribution in [0.4, 0.5) is 10.1 Å². The van der Waals surface area contributed by atoms with Crippen molar-refractivity contribution >= 4 is 27.0 Å². The number of rotatable bonds is 5. The Kier molecular flexibility index (Phi) is 6.96. The molecule has 1 saturated carbocycles. The Morgan fingerprint density at radius 1 is 0.971 bits per heavy atom. The van der Waals surface area contributed by atoms with E-state index in [4.69, 9.17) is 9.73 Å². The molecule has 34 heavy (non-hydrogen) atoms. The van der Waals surface area contributed by atoms with Crippen molar-refractivity contribution in [1.82, 2.24) is 8.87 Å². The number of halogens is 1. The maximum atomic E-state index is 14.7. The first-order chi connectivity index (χ1) is 16.5. The van der Waals surface area contributed by atoms with Crippen LogP contribution in [-0.2, 0) is 14.8 Å². The molecule has 0 bridgehead atoms. The zero-order valence-corrected chi connectivity index (χ0v) is 20.5. The lowest BCUT2D eigenvalue weighted by atomic mass is 9.95. The van der Waals surface area contributed by atoms with Crippen molar-refractivity contribution < 1.29 is 17.5 Å². The van der Waals surface area contributed by atoms with E-state index in [1.54, 1.807) is 30.3 Å². The zero-order chi connectivity index (χ0) is 23.5. The summed E-state index contributed by atoms with van der Waals surface area (Å²) in [7, 11) is -3.55. The lowest BCUT2D eigenvalue weighted by Crippen LogP contribution is -2.40. The van der Waals surface area contributed by atoms with Crippen LogP contribution >= 0.6 is 11.3 Å². The predicted molar refractivity (Wildman–Crippen MR) is 131 cm³/mol. The SMILES string of the molecule is O=S(=O)(c1ccc(N=c2scc(-c3ccccc3F)n2C2CCCCC2)cc1)N1CCOCC1. The minimum absolute atomic E-state index is 0.242. The van der Waals surface area contributed by atoms with Gasteiger partial charge in [0.1, 0.15) is 5.82 Å². The van der Waals surface area contributed by atoms with Gasteiger partial charge in [-0.2, -0.15) is 4.31 Å². The Morgan fingerprint density at radius 2 is 1.68 bits per heavy atom. The molecule has 6 nitrogen and oxygen atoms in total. The van der Waals surface area contributed by atoms with Crippen molar-refractivity contribution in [3.8, 4) is 11.3 Å². The van der Waals surface area contributed by atoms with Gasteiger partial charge in [0, 0.05) is 30.1 Å². The highest BCUT2D eigenvalue weighted by atomic mass is 32.2. The fourth-order valence-corrected chi connectivity index (χ4v) is 7.08. The highest BCUT2D eigenvalue weighted by Gasteiger charge is 2.26. The predicted octanol–water partition coefficient (Wildman–Crippen LogP) is 5.11. The Morgan fingerprint density at radius 3 is 2.38 bits per heavy atom. The van der Waals surface area contributed by atoms with E-state index in [9.17, 15) is 12.8 Å². The van der Waals surface area contributed by atoms with Crippen LogP contribution in [0.2, 0.25) is 0 Å². The lowest BCUT2D eigenvalue weighted by Gasteiger charge is -2.26. The third-order valence-electron chi connectivity index (χ3n) is 6.50. The first kappa shape index (κ1) is 23.4. The van der Waals surface area contributed by atoms with Crippen molar-refractivity contribution in [3.05, 3.63) is 64.5 Å². The van der Waals surface area contributed by atoms with E-state index in [1.165, 1.54) is 28.1 Å². The molecular formula is C25H28FN3O3S2. The van der Waals surface area contributed by atoms with Crippen LogP contribution in [0.25, 0.3) is 11.3 Å². The first-order valence-corrected chi connectivity index (χ1v) is 14.0. The van der Waals surface area contributed by atoms with E-state index in [1.807, 2.05) is 17.5 Å². The van der Waals surface area contributed by atoms with E-state index in [2.05, 4.69) is 4.57 Å². The van der Waals surface area contributed by atoms with Gasteiger partial charge in [-0.25, -0.2) is 17.8 Å². The van der Waals surface area contributed by atoms with Crippen molar-refractivity contribution in [1.29, 1.82) is 0 Å². The van der Waals surface area contributed by atoms with Crippen molar-refractivity contribution in [2.45, 2.75) is 43.0 Å². The molecule has 9 heteroatoms. The Hall–Kier alpha value is -2.33. The van der Waals surface area contributed by atoms with Gasteiger partial charge in [-0.1, -0.05) is 31.4 Å². The molecule has 180 valence electrons. The van der Waals surface area contributed by atoms with E-state index >= 15 is 0 Å². The van der Waals surface area contributed by atoms with Crippen LogP contribution in [0.5, 0.6) is 0 Å².